The Morgan fingerprint density at radius 1 is 1.12 bits per heavy atom. The van der Waals surface area contributed by atoms with Crippen molar-refractivity contribution in [2.24, 2.45) is 11.8 Å². The summed E-state index contributed by atoms with van der Waals surface area (Å²) in [7, 11) is 0. The van der Waals surface area contributed by atoms with Crippen LogP contribution in [-0.2, 0) is 17.8 Å². The number of carbonyl (C=O) groups excluding carboxylic acids is 1. The molecule has 1 N–H and O–H groups in total. The monoisotopic (exact) mass is 464 g/mol. The second-order valence-electron chi connectivity index (χ2n) is 9.80. The largest absolute Gasteiger partial charge is 0.354 e. The Balaban J connectivity index is 1.38. The Labute approximate surface area is 201 Å². The van der Waals surface area contributed by atoms with Gasteiger partial charge >= 0.3 is 0 Å². The molecule has 8 heteroatoms. The molecule has 0 aliphatic carbocycles. The van der Waals surface area contributed by atoms with E-state index < -0.39 is 0 Å². The van der Waals surface area contributed by atoms with E-state index in [0.717, 1.165) is 49.9 Å². The fourth-order valence-corrected chi connectivity index (χ4v) is 5.03. The van der Waals surface area contributed by atoms with E-state index in [4.69, 9.17) is 0 Å². The summed E-state index contributed by atoms with van der Waals surface area (Å²) in [4.78, 5) is 28.0. The highest BCUT2D eigenvalue weighted by molar-refractivity contribution is 5.75. The van der Waals surface area contributed by atoms with Gasteiger partial charge in [0.05, 0.1) is 5.69 Å². The molecular weight excluding hydrogens is 428 g/mol. The zero-order valence-electron chi connectivity index (χ0n) is 20.8. The lowest BCUT2D eigenvalue weighted by Crippen LogP contribution is -2.40. The van der Waals surface area contributed by atoms with Crippen molar-refractivity contribution in [3.63, 3.8) is 0 Å². The molecule has 0 unspecified atom stereocenters. The van der Waals surface area contributed by atoms with Crippen LogP contribution in [0.25, 0.3) is 16.8 Å². The highest BCUT2D eigenvalue weighted by Gasteiger charge is 2.21. The first-order chi connectivity index (χ1) is 16.3. The van der Waals surface area contributed by atoms with Crippen LogP contribution in [0.2, 0.25) is 0 Å². The van der Waals surface area contributed by atoms with Gasteiger partial charge in [0.1, 0.15) is 17.9 Å². The Morgan fingerprint density at radius 2 is 1.82 bits per heavy atom. The van der Waals surface area contributed by atoms with Crippen LogP contribution >= 0.6 is 0 Å². The van der Waals surface area contributed by atoms with Gasteiger partial charge in [-0.1, -0.05) is 45.0 Å². The van der Waals surface area contributed by atoms with Crippen molar-refractivity contribution in [1.82, 2.24) is 29.6 Å². The van der Waals surface area contributed by atoms with Crippen molar-refractivity contribution in [2.75, 3.05) is 26.2 Å². The molecule has 3 aromatic rings. The number of hydrogen-bond acceptors (Lipinski definition) is 5. The molecular formula is C26H36N6O2. The number of aromatic nitrogens is 4. The molecule has 1 saturated heterocycles. The molecule has 3 heterocycles. The molecule has 182 valence electrons. The Morgan fingerprint density at radius 3 is 2.50 bits per heavy atom. The number of nitrogens with one attached hydrogen (secondary N) is 1. The van der Waals surface area contributed by atoms with Gasteiger partial charge < -0.3 is 10.2 Å². The number of rotatable bonds is 8. The molecule has 1 aromatic carbocycles. The zero-order valence-corrected chi connectivity index (χ0v) is 20.8. The van der Waals surface area contributed by atoms with E-state index >= 15 is 0 Å². The predicted molar refractivity (Wildman–Crippen MR) is 134 cm³/mol. The Hall–Kier alpha value is -3.00. The van der Waals surface area contributed by atoms with Crippen LogP contribution in [0, 0.1) is 18.8 Å². The number of benzene rings is 1. The molecule has 0 bridgehead atoms. The zero-order chi connectivity index (χ0) is 24.2. The first kappa shape index (κ1) is 24.1. The maximum atomic E-state index is 13.0. The average Bonchev–Trinajstić information content (AvgIpc) is 3.26. The maximum absolute atomic E-state index is 13.0. The number of carbonyl (C=O) groups is 1. The van der Waals surface area contributed by atoms with Crippen LogP contribution in [0.15, 0.2) is 35.1 Å². The number of likely N-dealkylation sites (tertiary alicyclic amines) is 1. The minimum Gasteiger partial charge on any atom is -0.354 e. The molecule has 1 aliphatic heterocycles. The van der Waals surface area contributed by atoms with Crippen LogP contribution in [0.3, 0.4) is 0 Å². The Kier molecular flexibility index (Phi) is 7.46. The lowest BCUT2D eigenvalue weighted by Gasteiger charge is -2.34. The van der Waals surface area contributed by atoms with Crippen LogP contribution in [-0.4, -0.2) is 56.4 Å². The highest BCUT2D eigenvalue weighted by Crippen LogP contribution is 2.21. The third-order valence-corrected chi connectivity index (χ3v) is 6.60. The third kappa shape index (κ3) is 5.55. The van der Waals surface area contributed by atoms with Gasteiger partial charge in [0, 0.05) is 25.2 Å². The summed E-state index contributed by atoms with van der Waals surface area (Å²) in [6.07, 6.45) is 3.16. The summed E-state index contributed by atoms with van der Waals surface area (Å²) in [5.74, 6) is 1.82. The predicted octanol–water partition coefficient (Wildman–Crippen LogP) is 2.91. The molecule has 8 nitrogen and oxygen atoms in total. The molecule has 2 aromatic heterocycles. The normalized spacial score (nSPS) is 18.9. The number of aryl methyl sites for hydroxylation is 2. The lowest BCUT2D eigenvalue weighted by atomic mass is 9.92. The van der Waals surface area contributed by atoms with Crippen LogP contribution in [0.4, 0.5) is 0 Å². The van der Waals surface area contributed by atoms with Gasteiger partial charge in [-0.25, -0.2) is 9.20 Å². The molecule has 0 saturated carbocycles. The minimum atomic E-state index is -0.319. The fraction of sp³-hybridized carbons (Fsp3) is 0.538. The van der Waals surface area contributed by atoms with Gasteiger partial charge in [-0.3, -0.25) is 9.59 Å². The number of fused-ring (bicyclic) bond motifs is 1. The molecule has 1 amide bonds. The van der Waals surface area contributed by atoms with Crippen molar-refractivity contribution < 1.29 is 4.79 Å². The first-order valence-corrected chi connectivity index (χ1v) is 12.4. The third-order valence-electron chi connectivity index (χ3n) is 6.60. The topological polar surface area (TPSA) is 84.5 Å². The van der Waals surface area contributed by atoms with Crippen LogP contribution < -0.4 is 10.9 Å². The van der Waals surface area contributed by atoms with E-state index in [1.807, 2.05) is 12.1 Å². The van der Waals surface area contributed by atoms with Crippen molar-refractivity contribution in [3.8, 4) is 11.3 Å². The van der Waals surface area contributed by atoms with Gasteiger partial charge in [-0.15, -0.1) is 0 Å². The summed E-state index contributed by atoms with van der Waals surface area (Å²) in [5.41, 5.74) is 3.01. The van der Waals surface area contributed by atoms with Crippen LogP contribution in [0.5, 0.6) is 0 Å². The molecule has 2 atom stereocenters. The van der Waals surface area contributed by atoms with Crippen LogP contribution in [0.1, 0.15) is 45.0 Å². The molecule has 1 aliphatic rings. The van der Waals surface area contributed by atoms with Crippen molar-refractivity contribution in [2.45, 2.75) is 53.5 Å². The van der Waals surface area contributed by atoms with Gasteiger partial charge in [0.2, 0.25) is 5.91 Å². The quantitative estimate of drug-likeness (QED) is 0.518. The summed E-state index contributed by atoms with van der Waals surface area (Å²) in [6, 6.07) is 9.94. The number of hydrogen-bond donors (Lipinski definition) is 1. The van der Waals surface area contributed by atoms with Crippen molar-refractivity contribution in [1.29, 1.82) is 0 Å². The van der Waals surface area contributed by atoms with Gasteiger partial charge in [-0.05, 0) is 56.2 Å². The second kappa shape index (κ2) is 10.5. The summed E-state index contributed by atoms with van der Waals surface area (Å²) >= 11 is 0. The summed E-state index contributed by atoms with van der Waals surface area (Å²) in [6.45, 7) is 12.3. The molecule has 1 fully saturated rings. The van der Waals surface area contributed by atoms with Gasteiger partial charge in [0.25, 0.3) is 5.56 Å². The highest BCUT2D eigenvalue weighted by atomic mass is 16.2. The van der Waals surface area contributed by atoms with E-state index in [1.165, 1.54) is 16.7 Å². The molecule has 4 rings (SSSR count). The number of nitrogens with zero attached hydrogens (tertiary/aromatic N) is 5. The van der Waals surface area contributed by atoms with Gasteiger partial charge in [-0.2, -0.15) is 10.2 Å². The average molecular weight is 465 g/mol. The number of piperidine rings is 1. The smallest absolute Gasteiger partial charge is 0.293 e. The molecule has 34 heavy (non-hydrogen) atoms. The second-order valence-corrected chi connectivity index (χ2v) is 9.80. The fourth-order valence-electron chi connectivity index (χ4n) is 5.03. The van der Waals surface area contributed by atoms with Crippen molar-refractivity contribution >= 4 is 11.4 Å². The SMILES string of the molecule is CCc1ccc(-c2cc3c(=O)n(CC(=O)NCCCN4C[C@H](C)C[C@H](C)C4)nc(C)n3n2)cc1. The first-order valence-electron chi connectivity index (χ1n) is 12.4. The lowest BCUT2D eigenvalue weighted by molar-refractivity contribution is -0.121. The molecule has 0 radical (unpaired) electrons. The summed E-state index contributed by atoms with van der Waals surface area (Å²) in [5, 5.41) is 11.8. The van der Waals surface area contributed by atoms with E-state index in [2.05, 4.69) is 53.3 Å². The number of amides is 1. The Bertz CT molecular complexity index is 1190. The summed E-state index contributed by atoms with van der Waals surface area (Å²) < 4.78 is 2.79. The minimum absolute atomic E-state index is 0.0976. The van der Waals surface area contributed by atoms with E-state index in [1.54, 1.807) is 17.5 Å². The maximum Gasteiger partial charge on any atom is 0.293 e. The van der Waals surface area contributed by atoms with E-state index in [-0.39, 0.29) is 18.0 Å². The van der Waals surface area contributed by atoms with E-state index in [9.17, 15) is 9.59 Å². The van der Waals surface area contributed by atoms with Gasteiger partial charge in [0.15, 0.2) is 0 Å². The van der Waals surface area contributed by atoms with Crippen molar-refractivity contribution in [3.05, 3.63) is 52.1 Å². The standard InChI is InChI=1S/C26H36N6O2/c1-5-21-7-9-22(10-8-21)23-14-24-26(34)31(28-20(4)32(24)29-23)17-25(33)27-11-6-12-30-15-18(2)13-19(3)16-30/h7-10,14,18-19H,5-6,11-13,15-17H2,1-4H3,(H,27,33)/t18-,19+. The molecule has 0 spiro atoms. The van der Waals surface area contributed by atoms with E-state index in [0.29, 0.717) is 23.6 Å².